The van der Waals surface area contributed by atoms with Crippen molar-refractivity contribution in [2.24, 2.45) is 4.99 Å². The van der Waals surface area contributed by atoms with Gasteiger partial charge in [-0.05, 0) is 80.7 Å². The number of rotatable bonds is 9. The second kappa shape index (κ2) is 15.2. The number of hydrogen-bond acceptors (Lipinski definition) is 6. The highest BCUT2D eigenvalue weighted by molar-refractivity contribution is 6.41. The number of likely N-dealkylation sites (tertiary alicyclic amines) is 1. The maximum Gasteiger partial charge on any atom is 0.269 e. The van der Waals surface area contributed by atoms with Crippen LogP contribution in [0.25, 0.3) is 5.70 Å². The Morgan fingerprint density at radius 1 is 1.12 bits per heavy atom. The fourth-order valence-corrected chi connectivity index (χ4v) is 5.98. The fraction of sp³-hybridized carbons (Fsp3) is 0.529. The molecule has 8 nitrogen and oxygen atoms in total. The summed E-state index contributed by atoms with van der Waals surface area (Å²) < 4.78 is 5.77. The van der Waals surface area contributed by atoms with Gasteiger partial charge in [0, 0.05) is 51.4 Å². The first-order valence-electron chi connectivity index (χ1n) is 15.5. The third kappa shape index (κ3) is 8.35. The molecule has 1 aromatic rings. The van der Waals surface area contributed by atoms with E-state index in [2.05, 4.69) is 29.8 Å². The van der Waals surface area contributed by atoms with Crippen molar-refractivity contribution in [1.82, 2.24) is 9.80 Å². The highest BCUT2D eigenvalue weighted by Crippen LogP contribution is 2.31. The number of nitrogens with zero attached hydrogens (tertiary/aromatic N) is 3. The molecule has 1 fully saturated rings. The van der Waals surface area contributed by atoms with Gasteiger partial charge < -0.3 is 15.0 Å². The lowest BCUT2D eigenvalue weighted by Gasteiger charge is -2.36. The van der Waals surface area contributed by atoms with Crippen molar-refractivity contribution < 1.29 is 14.3 Å². The van der Waals surface area contributed by atoms with Gasteiger partial charge in [0.1, 0.15) is 0 Å². The normalized spacial score (nSPS) is 19.5. The predicted molar refractivity (Wildman–Crippen MR) is 171 cm³/mol. The van der Waals surface area contributed by atoms with Crippen LogP contribution in [0.2, 0.25) is 0 Å². The zero-order chi connectivity index (χ0) is 30.1. The van der Waals surface area contributed by atoms with Crippen molar-refractivity contribution in [3.8, 4) is 0 Å². The van der Waals surface area contributed by atoms with Crippen molar-refractivity contribution in [3.05, 3.63) is 59.2 Å². The first-order chi connectivity index (χ1) is 20.3. The summed E-state index contributed by atoms with van der Waals surface area (Å²) in [6, 6.07) is 8.01. The second-order valence-electron chi connectivity index (χ2n) is 11.7. The predicted octanol–water partition coefficient (Wildman–Crippen LogP) is 6.02. The topological polar surface area (TPSA) is 98.1 Å². The van der Waals surface area contributed by atoms with E-state index in [1.54, 1.807) is 6.92 Å². The molecule has 3 aliphatic heterocycles. The van der Waals surface area contributed by atoms with E-state index < -0.39 is 0 Å². The van der Waals surface area contributed by atoms with Crippen LogP contribution in [0.1, 0.15) is 77.7 Å². The summed E-state index contributed by atoms with van der Waals surface area (Å²) in [6.07, 6.45) is 9.44. The SMILES string of the molecule is C=C(N=C(C1=CCCOCCCC1)C1=C(C)CN(C2CCN(C(C)=O)CC2)C1)c1ccc(NC(=O)C(=N)CCC)cc1. The number of piperidine rings is 1. The van der Waals surface area contributed by atoms with Crippen LogP contribution in [-0.2, 0) is 14.3 Å². The number of amides is 2. The van der Waals surface area contributed by atoms with Gasteiger partial charge in [0.2, 0.25) is 5.91 Å². The van der Waals surface area contributed by atoms with Crippen molar-refractivity contribution in [3.63, 3.8) is 0 Å². The van der Waals surface area contributed by atoms with Gasteiger partial charge in [-0.15, -0.1) is 0 Å². The van der Waals surface area contributed by atoms with Crippen LogP contribution in [0.3, 0.4) is 0 Å². The van der Waals surface area contributed by atoms with E-state index in [1.807, 2.05) is 36.1 Å². The lowest BCUT2D eigenvalue weighted by molar-refractivity contribution is -0.130. The first-order valence-corrected chi connectivity index (χ1v) is 15.5. The number of anilines is 1. The molecule has 2 amide bonds. The standard InChI is InChI=1S/C34H47N5O3/c1-5-9-32(35)34(41)37-29-14-12-27(13-15-29)25(3)36-33(28-10-6-7-20-42-21-8-11-28)31-23-39(22-24(31)2)30-16-18-38(19-17-30)26(4)40/h11-15,30,35H,3,5-10,16-23H2,1-2,4H3,(H,37,41). The molecule has 0 unspecified atom stereocenters. The van der Waals surface area contributed by atoms with Crippen LogP contribution >= 0.6 is 0 Å². The average Bonchev–Trinajstić information content (AvgIpc) is 3.43. The Balaban J connectivity index is 1.55. The smallest absolute Gasteiger partial charge is 0.269 e. The molecule has 42 heavy (non-hydrogen) atoms. The van der Waals surface area contributed by atoms with Crippen LogP contribution in [0.4, 0.5) is 5.69 Å². The zero-order valence-corrected chi connectivity index (χ0v) is 25.6. The number of aliphatic imine (C=N–C) groups is 1. The Bertz CT molecular complexity index is 1250. The molecule has 0 saturated carbocycles. The second-order valence-corrected chi connectivity index (χ2v) is 11.7. The van der Waals surface area contributed by atoms with Gasteiger partial charge in [0.25, 0.3) is 5.91 Å². The van der Waals surface area contributed by atoms with Crippen molar-refractivity contribution in [2.45, 2.75) is 78.2 Å². The quantitative estimate of drug-likeness (QED) is 0.353. The van der Waals surface area contributed by atoms with Crippen LogP contribution < -0.4 is 5.32 Å². The molecular weight excluding hydrogens is 526 g/mol. The van der Waals surface area contributed by atoms with E-state index in [1.165, 1.54) is 16.7 Å². The Hall–Kier alpha value is -3.36. The third-order valence-corrected chi connectivity index (χ3v) is 8.47. The summed E-state index contributed by atoms with van der Waals surface area (Å²) in [4.78, 5) is 33.9. The van der Waals surface area contributed by atoms with Gasteiger partial charge >= 0.3 is 0 Å². The minimum absolute atomic E-state index is 0.0903. The van der Waals surface area contributed by atoms with E-state index in [9.17, 15) is 9.59 Å². The molecule has 0 spiro atoms. The molecule has 3 heterocycles. The van der Waals surface area contributed by atoms with Crippen LogP contribution in [0, 0.1) is 5.41 Å². The van der Waals surface area contributed by atoms with Crippen molar-refractivity contribution in [1.29, 1.82) is 5.41 Å². The molecule has 226 valence electrons. The minimum Gasteiger partial charge on any atom is -0.381 e. The largest absolute Gasteiger partial charge is 0.381 e. The number of nitrogens with one attached hydrogen (secondary N) is 2. The summed E-state index contributed by atoms with van der Waals surface area (Å²) in [6.45, 7) is 15.1. The molecule has 0 aromatic heterocycles. The van der Waals surface area contributed by atoms with Gasteiger partial charge in [0.05, 0.1) is 23.7 Å². The molecule has 0 atom stereocenters. The molecule has 1 saturated heterocycles. The van der Waals surface area contributed by atoms with Crippen molar-refractivity contribution in [2.75, 3.05) is 44.7 Å². The molecule has 0 radical (unpaired) electrons. The Labute approximate surface area is 251 Å². The summed E-state index contributed by atoms with van der Waals surface area (Å²) in [5.41, 5.74) is 7.26. The third-order valence-electron chi connectivity index (χ3n) is 8.47. The number of hydrogen-bond donors (Lipinski definition) is 2. The monoisotopic (exact) mass is 573 g/mol. The summed E-state index contributed by atoms with van der Waals surface area (Å²) >= 11 is 0. The lowest BCUT2D eigenvalue weighted by atomic mass is 9.94. The Morgan fingerprint density at radius 3 is 2.55 bits per heavy atom. The number of carbonyl (C=O) groups excluding carboxylic acids is 2. The molecule has 2 N–H and O–H groups in total. The molecule has 3 aliphatic rings. The summed E-state index contributed by atoms with van der Waals surface area (Å²) in [5.74, 6) is -0.194. The van der Waals surface area contributed by atoms with Gasteiger partial charge in [-0.25, -0.2) is 4.99 Å². The molecule has 1 aromatic carbocycles. The van der Waals surface area contributed by atoms with Gasteiger partial charge in [-0.1, -0.05) is 43.7 Å². The molecule has 8 heteroatoms. The lowest BCUT2D eigenvalue weighted by Crippen LogP contribution is -2.45. The van der Waals surface area contributed by atoms with Crippen LogP contribution in [0.15, 0.2) is 58.6 Å². The van der Waals surface area contributed by atoms with E-state index in [0.717, 1.165) is 95.6 Å². The number of benzene rings is 1. The van der Waals surface area contributed by atoms with Gasteiger partial charge in [-0.2, -0.15) is 0 Å². The van der Waals surface area contributed by atoms with Crippen LogP contribution in [-0.4, -0.2) is 78.5 Å². The number of ether oxygens (including phenoxy) is 1. The Morgan fingerprint density at radius 2 is 1.86 bits per heavy atom. The zero-order valence-electron chi connectivity index (χ0n) is 25.6. The van der Waals surface area contributed by atoms with Gasteiger partial charge in [0.15, 0.2) is 0 Å². The molecular formula is C34H47N5O3. The fourth-order valence-electron chi connectivity index (χ4n) is 5.98. The molecule has 0 aliphatic carbocycles. The molecule has 0 bridgehead atoms. The Kier molecular flexibility index (Phi) is 11.4. The first kappa shape index (κ1) is 31.6. The van der Waals surface area contributed by atoms with E-state index in [-0.39, 0.29) is 17.5 Å². The number of carbonyl (C=O) groups is 2. The highest BCUT2D eigenvalue weighted by atomic mass is 16.5. The summed E-state index contributed by atoms with van der Waals surface area (Å²) in [5, 5.41) is 10.7. The van der Waals surface area contributed by atoms with Gasteiger partial charge in [-0.3, -0.25) is 19.9 Å². The average molecular weight is 574 g/mol. The number of allylic oxidation sites excluding steroid dienone is 1. The molecule has 4 rings (SSSR count). The summed E-state index contributed by atoms with van der Waals surface area (Å²) in [7, 11) is 0. The maximum absolute atomic E-state index is 12.3. The van der Waals surface area contributed by atoms with E-state index >= 15 is 0 Å². The van der Waals surface area contributed by atoms with Crippen molar-refractivity contribution >= 4 is 34.6 Å². The van der Waals surface area contributed by atoms with Crippen LogP contribution in [0.5, 0.6) is 0 Å². The minimum atomic E-state index is -0.361. The van der Waals surface area contributed by atoms with E-state index in [4.69, 9.17) is 15.1 Å². The maximum atomic E-state index is 12.3. The van der Waals surface area contributed by atoms with E-state index in [0.29, 0.717) is 23.8 Å². The highest BCUT2D eigenvalue weighted by Gasteiger charge is 2.32.